The molecule has 9 heteroatoms. The van der Waals surface area contributed by atoms with Crippen molar-refractivity contribution >= 4 is 23.5 Å². The summed E-state index contributed by atoms with van der Waals surface area (Å²) in [5.74, 6) is -0.761. The van der Waals surface area contributed by atoms with E-state index in [0.717, 1.165) is 30.2 Å². The Hall–Kier alpha value is -3.62. The Kier molecular flexibility index (Phi) is 5.88. The van der Waals surface area contributed by atoms with Gasteiger partial charge in [0.1, 0.15) is 0 Å². The van der Waals surface area contributed by atoms with Crippen LogP contribution in [-0.2, 0) is 6.42 Å². The van der Waals surface area contributed by atoms with Crippen molar-refractivity contribution in [3.8, 4) is 0 Å². The SMILES string of the molecule is O=C(NN=CCCc1ccccc1)c1cc([N+](=O)[O-])cc([N+](=O)[O-])c1. The van der Waals surface area contributed by atoms with Gasteiger partial charge in [0.05, 0.1) is 21.5 Å². The second-order valence-electron chi connectivity index (χ2n) is 5.03. The fourth-order valence-corrected chi connectivity index (χ4v) is 2.05. The maximum Gasteiger partial charge on any atom is 0.277 e. The number of hydrogen-bond donors (Lipinski definition) is 1. The molecule has 2 rings (SSSR count). The lowest BCUT2D eigenvalue weighted by molar-refractivity contribution is -0.394. The van der Waals surface area contributed by atoms with Crippen LogP contribution in [0.3, 0.4) is 0 Å². The van der Waals surface area contributed by atoms with Gasteiger partial charge in [0.25, 0.3) is 17.3 Å². The number of carbonyl (C=O) groups excluding carboxylic acids is 1. The van der Waals surface area contributed by atoms with Gasteiger partial charge in [0.2, 0.25) is 0 Å². The van der Waals surface area contributed by atoms with Gasteiger partial charge < -0.3 is 0 Å². The minimum atomic E-state index is -0.799. The summed E-state index contributed by atoms with van der Waals surface area (Å²) in [5, 5.41) is 25.4. The van der Waals surface area contributed by atoms with Crippen LogP contribution >= 0.6 is 0 Å². The van der Waals surface area contributed by atoms with Crippen molar-refractivity contribution in [1.82, 2.24) is 5.43 Å². The predicted octanol–water partition coefficient (Wildman–Crippen LogP) is 2.85. The minimum Gasteiger partial charge on any atom is -0.267 e. The van der Waals surface area contributed by atoms with Crippen molar-refractivity contribution < 1.29 is 14.6 Å². The summed E-state index contributed by atoms with van der Waals surface area (Å²) in [6.07, 6.45) is 2.82. The topological polar surface area (TPSA) is 128 Å². The van der Waals surface area contributed by atoms with E-state index in [1.165, 1.54) is 6.21 Å². The lowest BCUT2D eigenvalue weighted by Gasteiger charge is -2.01. The number of aryl methyl sites for hydroxylation is 1. The van der Waals surface area contributed by atoms with E-state index in [9.17, 15) is 25.0 Å². The number of hydrogen-bond acceptors (Lipinski definition) is 6. The quantitative estimate of drug-likeness (QED) is 0.470. The van der Waals surface area contributed by atoms with Gasteiger partial charge in [-0.25, -0.2) is 5.43 Å². The predicted molar refractivity (Wildman–Crippen MR) is 90.5 cm³/mol. The van der Waals surface area contributed by atoms with E-state index < -0.39 is 27.1 Å². The third-order valence-corrected chi connectivity index (χ3v) is 3.25. The van der Waals surface area contributed by atoms with Crippen LogP contribution in [0, 0.1) is 20.2 Å². The number of nitrogens with one attached hydrogen (secondary N) is 1. The van der Waals surface area contributed by atoms with Gasteiger partial charge in [-0.1, -0.05) is 30.3 Å². The number of rotatable bonds is 7. The van der Waals surface area contributed by atoms with Gasteiger partial charge in [-0.05, 0) is 18.4 Å². The molecule has 2 aromatic carbocycles. The molecule has 0 aromatic heterocycles. The third-order valence-electron chi connectivity index (χ3n) is 3.25. The van der Waals surface area contributed by atoms with Crippen LogP contribution in [-0.4, -0.2) is 22.0 Å². The summed E-state index contributed by atoms with van der Waals surface area (Å²) in [6, 6.07) is 12.4. The fourth-order valence-electron chi connectivity index (χ4n) is 2.05. The van der Waals surface area contributed by atoms with Crippen molar-refractivity contribution in [2.24, 2.45) is 5.10 Å². The Morgan fingerprint density at radius 1 is 1.04 bits per heavy atom. The molecule has 128 valence electrons. The second kappa shape index (κ2) is 8.29. The molecular weight excluding hydrogens is 328 g/mol. The molecule has 9 nitrogen and oxygen atoms in total. The maximum absolute atomic E-state index is 12.0. The zero-order valence-electron chi connectivity index (χ0n) is 13.0. The molecule has 0 heterocycles. The highest BCUT2D eigenvalue weighted by atomic mass is 16.6. The lowest BCUT2D eigenvalue weighted by Crippen LogP contribution is -2.18. The summed E-state index contributed by atoms with van der Waals surface area (Å²) in [7, 11) is 0. The van der Waals surface area contributed by atoms with Crippen LogP contribution in [0.5, 0.6) is 0 Å². The molecule has 0 aliphatic carbocycles. The Morgan fingerprint density at radius 2 is 1.64 bits per heavy atom. The van der Waals surface area contributed by atoms with Crippen molar-refractivity contribution in [3.63, 3.8) is 0 Å². The molecule has 0 saturated heterocycles. The lowest BCUT2D eigenvalue weighted by atomic mass is 10.1. The monoisotopic (exact) mass is 342 g/mol. The average molecular weight is 342 g/mol. The highest BCUT2D eigenvalue weighted by Gasteiger charge is 2.19. The number of nitro groups is 2. The summed E-state index contributed by atoms with van der Waals surface area (Å²) in [5.41, 5.74) is 2.05. The van der Waals surface area contributed by atoms with Gasteiger partial charge in [0, 0.05) is 18.3 Å². The molecule has 0 fully saturated rings. The first kappa shape index (κ1) is 17.7. The third kappa shape index (κ3) is 5.20. The molecule has 0 aliphatic rings. The second-order valence-corrected chi connectivity index (χ2v) is 5.03. The molecule has 0 atom stereocenters. The van der Waals surface area contributed by atoms with Crippen molar-refractivity contribution in [3.05, 3.63) is 79.9 Å². The molecule has 0 saturated carbocycles. The fraction of sp³-hybridized carbons (Fsp3) is 0.125. The summed E-state index contributed by atoms with van der Waals surface area (Å²) >= 11 is 0. The van der Waals surface area contributed by atoms with E-state index in [2.05, 4.69) is 10.5 Å². The molecule has 2 aromatic rings. The maximum atomic E-state index is 12.0. The molecule has 0 aliphatic heterocycles. The largest absolute Gasteiger partial charge is 0.277 e. The van der Waals surface area contributed by atoms with Crippen LogP contribution in [0.4, 0.5) is 11.4 Å². The van der Waals surface area contributed by atoms with Crippen LogP contribution < -0.4 is 5.43 Å². The normalized spacial score (nSPS) is 10.6. The first-order valence-electron chi connectivity index (χ1n) is 7.27. The number of hydrazone groups is 1. The number of nitrogens with zero attached hydrogens (tertiary/aromatic N) is 3. The number of amides is 1. The summed E-state index contributed by atoms with van der Waals surface area (Å²) < 4.78 is 0. The molecule has 1 N–H and O–H groups in total. The van der Waals surface area contributed by atoms with Gasteiger partial charge in [0.15, 0.2) is 0 Å². The average Bonchev–Trinajstić information content (AvgIpc) is 2.61. The molecule has 0 spiro atoms. The van der Waals surface area contributed by atoms with Crippen LogP contribution in [0.1, 0.15) is 22.3 Å². The van der Waals surface area contributed by atoms with Crippen molar-refractivity contribution in [2.45, 2.75) is 12.8 Å². The Bertz CT molecular complexity index is 788. The molecule has 0 unspecified atom stereocenters. The van der Waals surface area contributed by atoms with E-state index in [-0.39, 0.29) is 5.56 Å². The highest BCUT2D eigenvalue weighted by molar-refractivity contribution is 5.95. The van der Waals surface area contributed by atoms with Gasteiger partial charge >= 0.3 is 0 Å². The first-order chi connectivity index (χ1) is 12.0. The van der Waals surface area contributed by atoms with Crippen LogP contribution in [0.2, 0.25) is 0 Å². The van der Waals surface area contributed by atoms with E-state index in [1.807, 2.05) is 30.3 Å². The number of carbonyl (C=O) groups is 1. The molecule has 25 heavy (non-hydrogen) atoms. The van der Waals surface area contributed by atoms with Crippen molar-refractivity contribution in [2.75, 3.05) is 0 Å². The van der Waals surface area contributed by atoms with Gasteiger partial charge in [-0.2, -0.15) is 5.10 Å². The first-order valence-corrected chi connectivity index (χ1v) is 7.27. The molecule has 0 radical (unpaired) electrons. The van der Waals surface area contributed by atoms with Crippen LogP contribution in [0.15, 0.2) is 53.6 Å². The minimum absolute atomic E-state index is 0.207. The number of benzene rings is 2. The Labute approximate surface area is 142 Å². The highest BCUT2D eigenvalue weighted by Crippen LogP contribution is 2.22. The smallest absolute Gasteiger partial charge is 0.267 e. The standard InChI is InChI=1S/C16H14N4O5/c21-16(18-17-8-4-7-12-5-2-1-3-6-12)13-9-14(19(22)23)11-15(10-13)20(24)25/h1-3,5-6,8-11H,4,7H2,(H,18,21). The van der Waals surface area contributed by atoms with E-state index in [0.29, 0.717) is 6.42 Å². The zero-order chi connectivity index (χ0) is 18.2. The van der Waals surface area contributed by atoms with E-state index in [4.69, 9.17) is 0 Å². The molecule has 1 amide bonds. The molecule has 0 bridgehead atoms. The van der Waals surface area contributed by atoms with Crippen LogP contribution in [0.25, 0.3) is 0 Å². The Morgan fingerprint density at radius 3 is 2.20 bits per heavy atom. The molecular formula is C16H14N4O5. The van der Waals surface area contributed by atoms with E-state index >= 15 is 0 Å². The number of non-ortho nitro benzene ring substituents is 2. The van der Waals surface area contributed by atoms with Gasteiger partial charge in [-0.15, -0.1) is 0 Å². The number of nitro benzene ring substituents is 2. The Balaban J connectivity index is 1.99. The summed E-state index contributed by atoms with van der Waals surface area (Å²) in [4.78, 5) is 32.0. The van der Waals surface area contributed by atoms with E-state index in [1.54, 1.807) is 0 Å². The zero-order valence-corrected chi connectivity index (χ0v) is 13.0. The summed E-state index contributed by atoms with van der Waals surface area (Å²) in [6.45, 7) is 0. The van der Waals surface area contributed by atoms with Gasteiger partial charge in [-0.3, -0.25) is 25.0 Å². The van der Waals surface area contributed by atoms with Crippen molar-refractivity contribution in [1.29, 1.82) is 0 Å².